The summed E-state index contributed by atoms with van der Waals surface area (Å²) in [6.45, 7) is 3.52. The normalized spacial score (nSPS) is 11.3. The highest BCUT2D eigenvalue weighted by atomic mass is 16.6. The Bertz CT molecular complexity index is 1220. The Morgan fingerprint density at radius 2 is 2.00 bits per heavy atom. The molecular formula is C16H12N6O3. The van der Waals surface area contributed by atoms with Crippen molar-refractivity contribution in [1.82, 2.24) is 24.1 Å². The van der Waals surface area contributed by atoms with Gasteiger partial charge >= 0.3 is 0 Å². The number of pyridine rings is 1. The van der Waals surface area contributed by atoms with Crippen molar-refractivity contribution in [2.75, 3.05) is 0 Å². The van der Waals surface area contributed by atoms with E-state index in [0.717, 1.165) is 5.56 Å². The average Bonchev–Trinajstić information content (AvgIpc) is 3.04. The quantitative estimate of drug-likeness (QED) is 0.409. The number of rotatable bonds is 2. The number of non-ortho nitro benzene ring substituents is 1. The Kier molecular flexibility index (Phi) is 3.11. The van der Waals surface area contributed by atoms with Crippen molar-refractivity contribution in [3.8, 4) is 5.69 Å². The van der Waals surface area contributed by atoms with Crippen LogP contribution in [0.25, 0.3) is 22.4 Å². The molecule has 9 heteroatoms. The molecule has 0 atom stereocenters. The predicted octanol–water partition coefficient (Wildman–Crippen LogP) is 1.95. The van der Waals surface area contributed by atoms with Gasteiger partial charge in [-0.05, 0) is 25.5 Å². The smallest absolute Gasteiger partial charge is 0.271 e. The second kappa shape index (κ2) is 5.20. The molecule has 0 aliphatic heterocycles. The summed E-state index contributed by atoms with van der Waals surface area (Å²) < 4.78 is 2.89. The summed E-state index contributed by atoms with van der Waals surface area (Å²) in [6, 6.07) is 6.15. The second-order valence-corrected chi connectivity index (χ2v) is 5.65. The fourth-order valence-corrected chi connectivity index (χ4v) is 2.89. The minimum absolute atomic E-state index is 0.0748. The minimum atomic E-state index is -0.485. The van der Waals surface area contributed by atoms with Gasteiger partial charge in [-0.2, -0.15) is 14.6 Å². The van der Waals surface area contributed by atoms with Gasteiger partial charge in [0.25, 0.3) is 17.0 Å². The molecule has 0 saturated heterocycles. The maximum absolute atomic E-state index is 13.0. The summed E-state index contributed by atoms with van der Waals surface area (Å²) in [5, 5.41) is 15.5. The van der Waals surface area contributed by atoms with Gasteiger partial charge in [-0.25, -0.2) is 4.98 Å². The molecule has 3 aromatic heterocycles. The fourth-order valence-electron chi connectivity index (χ4n) is 2.89. The first-order chi connectivity index (χ1) is 12.0. The van der Waals surface area contributed by atoms with E-state index in [9.17, 15) is 14.9 Å². The van der Waals surface area contributed by atoms with Crippen LogP contribution in [-0.2, 0) is 0 Å². The molecule has 0 amide bonds. The zero-order valence-corrected chi connectivity index (χ0v) is 13.4. The molecule has 124 valence electrons. The molecule has 0 spiro atoms. The number of nitro benzene ring substituents is 1. The van der Waals surface area contributed by atoms with Gasteiger partial charge in [0.15, 0.2) is 0 Å². The van der Waals surface area contributed by atoms with Crippen LogP contribution in [0.15, 0.2) is 41.6 Å². The molecule has 4 aromatic rings. The lowest BCUT2D eigenvalue weighted by molar-refractivity contribution is -0.384. The number of nitro groups is 1. The van der Waals surface area contributed by atoms with Gasteiger partial charge in [-0.15, -0.1) is 0 Å². The Morgan fingerprint density at radius 1 is 1.20 bits per heavy atom. The van der Waals surface area contributed by atoms with Crippen LogP contribution in [0.4, 0.5) is 5.69 Å². The molecule has 0 unspecified atom stereocenters. The summed E-state index contributed by atoms with van der Waals surface area (Å²) in [5.74, 6) is 0.411. The van der Waals surface area contributed by atoms with Gasteiger partial charge < -0.3 is 0 Å². The van der Waals surface area contributed by atoms with E-state index in [1.807, 2.05) is 0 Å². The van der Waals surface area contributed by atoms with Crippen LogP contribution in [0.3, 0.4) is 0 Å². The standard InChI is InChI=1S/C16H12N6O3/c1-9-3-4-11(22(24)25)7-13(9)20-6-5-12-14(15(20)23)10(2)19-16-17-8-18-21(12)16/h3-8H,1-2H3. The van der Waals surface area contributed by atoms with Crippen LogP contribution >= 0.6 is 0 Å². The largest absolute Gasteiger partial charge is 0.283 e. The third kappa shape index (κ3) is 2.17. The molecule has 0 N–H and O–H groups in total. The highest BCUT2D eigenvalue weighted by molar-refractivity contribution is 5.82. The Balaban J connectivity index is 2.08. The van der Waals surface area contributed by atoms with E-state index in [0.29, 0.717) is 28.1 Å². The van der Waals surface area contributed by atoms with Crippen LogP contribution in [0, 0.1) is 24.0 Å². The first-order valence-corrected chi connectivity index (χ1v) is 7.44. The molecule has 9 nitrogen and oxygen atoms in total. The highest BCUT2D eigenvalue weighted by Crippen LogP contribution is 2.21. The molecule has 0 aliphatic carbocycles. The van der Waals surface area contributed by atoms with E-state index >= 15 is 0 Å². The summed E-state index contributed by atoms with van der Waals surface area (Å²) in [7, 11) is 0. The molecule has 0 radical (unpaired) electrons. The molecule has 0 fully saturated rings. The lowest BCUT2D eigenvalue weighted by Gasteiger charge is -2.11. The zero-order chi connectivity index (χ0) is 17.7. The maximum Gasteiger partial charge on any atom is 0.271 e. The van der Waals surface area contributed by atoms with Crippen molar-refractivity contribution in [2.24, 2.45) is 0 Å². The molecule has 1 aromatic carbocycles. The lowest BCUT2D eigenvalue weighted by atomic mass is 10.1. The number of fused-ring (bicyclic) bond motifs is 3. The summed E-state index contributed by atoms with van der Waals surface area (Å²) in [6.07, 6.45) is 2.95. The minimum Gasteiger partial charge on any atom is -0.283 e. The molecule has 4 rings (SSSR count). The number of hydrogen-bond donors (Lipinski definition) is 0. The number of hydrogen-bond acceptors (Lipinski definition) is 6. The monoisotopic (exact) mass is 336 g/mol. The van der Waals surface area contributed by atoms with Gasteiger partial charge in [-0.3, -0.25) is 19.5 Å². The van der Waals surface area contributed by atoms with Crippen molar-refractivity contribution < 1.29 is 4.92 Å². The topological polar surface area (TPSA) is 108 Å². The summed E-state index contributed by atoms with van der Waals surface area (Å²) in [5.41, 5.74) is 1.93. The summed E-state index contributed by atoms with van der Waals surface area (Å²) >= 11 is 0. The zero-order valence-electron chi connectivity index (χ0n) is 13.4. The van der Waals surface area contributed by atoms with Crippen molar-refractivity contribution >= 4 is 22.4 Å². The van der Waals surface area contributed by atoms with E-state index in [1.54, 1.807) is 32.2 Å². The molecule has 3 heterocycles. The maximum atomic E-state index is 13.0. The Morgan fingerprint density at radius 3 is 2.76 bits per heavy atom. The number of aryl methyl sites for hydroxylation is 2. The van der Waals surface area contributed by atoms with Gasteiger partial charge in [0.2, 0.25) is 0 Å². The Hall–Kier alpha value is -3.62. The van der Waals surface area contributed by atoms with E-state index < -0.39 is 4.92 Å². The molecular weight excluding hydrogens is 324 g/mol. The second-order valence-electron chi connectivity index (χ2n) is 5.65. The van der Waals surface area contributed by atoms with Crippen molar-refractivity contribution in [3.05, 3.63) is 68.5 Å². The van der Waals surface area contributed by atoms with E-state index in [4.69, 9.17) is 0 Å². The number of aromatic nitrogens is 5. The van der Waals surface area contributed by atoms with E-state index in [-0.39, 0.29) is 11.2 Å². The number of benzene rings is 1. The van der Waals surface area contributed by atoms with Crippen molar-refractivity contribution in [1.29, 1.82) is 0 Å². The molecule has 0 bridgehead atoms. The van der Waals surface area contributed by atoms with E-state index in [1.165, 1.54) is 27.5 Å². The van der Waals surface area contributed by atoms with Gasteiger partial charge in [0.05, 0.1) is 27.2 Å². The van der Waals surface area contributed by atoms with Gasteiger partial charge in [-0.1, -0.05) is 6.07 Å². The fraction of sp³-hybridized carbons (Fsp3) is 0.125. The van der Waals surface area contributed by atoms with Crippen molar-refractivity contribution in [3.63, 3.8) is 0 Å². The molecule has 0 saturated carbocycles. The Labute approximate surface area is 140 Å². The predicted molar refractivity (Wildman–Crippen MR) is 90.0 cm³/mol. The first kappa shape index (κ1) is 14.9. The van der Waals surface area contributed by atoms with Crippen LogP contribution in [0.2, 0.25) is 0 Å². The summed E-state index contributed by atoms with van der Waals surface area (Å²) in [4.78, 5) is 31.9. The third-order valence-electron chi connectivity index (χ3n) is 4.12. The van der Waals surface area contributed by atoms with Crippen LogP contribution in [0.5, 0.6) is 0 Å². The highest BCUT2D eigenvalue weighted by Gasteiger charge is 2.16. The van der Waals surface area contributed by atoms with Gasteiger partial charge in [0, 0.05) is 18.3 Å². The first-order valence-electron chi connectivity index (χ1n) is 7.44. The van der Waals surface area contributed by atoms with Crippen LogP contribution in [0.1, 0.15) is 11.3 Å². The van der Waals surface area contributed by atoms with Crippen molar-refractivity contribution in [2.45, 2.75) is 13.8 Å². The number of nitrogens with zero attached hydrogens (tertiary/aromatic N) is 6. The molecule has 0 aliphatic rings. The third-order valence-corrected chi connectivity index (χ3v) is 4.12. The van der Waals surface area contributed by atoms with E-state index in [2.05, 4.69) is 15.1 Å². The van der Waals surface area contributed by atoms with Crippen LogP contribution in [-0.4, -0.2) is 29.1 Å². The van der Waals surface area contributed by atoms with Gasteiger partial charge in [0.1, 0.15) is 6.33 Å². The van der Waals surface area contributed by atoms with Crippen LogP contribution < -0.4 is 5.56 Å². The lowest BCUT2D eigenvalue weighted by Crippen LogP contribution is -2.21. The molecule has 25 heavy (non-hydrogen) atoms. The average molecular weight is 336 g/mol. The SMILES string of the molecule is Cc1ccc([N+](=O)[O-])cc1-n1ccc2c(c(C)nc3ncnn32)c1=O.